The zero-order valence-electron chi connectivity index (χ0n) is 11.3. The Kier molecular flexibility index (Phi) is 4.69. The molecular weight excluding hydrogens is 275 g/mol. The number of aliphatic hydroxyl groups is 1. The zero-order chi connectivity index (χ0) is 15.2. The number of amides is 1. The lowest BCUT2D eigenvalue weighted by molar-refractivity contribution is 0.0946. The van der Waals surface area contributed by atoms with Crippen molar-refractivity contribution in [1.82, 2.24) is 10.5 Å². The predicted octanol–water partition coefficient (Wildman–Crippen LogP) is 1.40. The van der Waals surface area contributed by atoms with Crippen LogP contribution < -0.4 is 5.32 Å². The van der Waals surface area contributed by atoms with E-state index in [0.29, 0.717) is 17.0 Å². The first-order chi connectivity index (χ1) is 10.1. The van der Waals surface area contributed by atoms with Gasteiger partial charge >= 0.3 is 0 Å². The number of aliphatic hydroxyl groups excluding tert-OH is 1. The number of rotatable bonds is 3. The van der Waals surface area contributed by atoms with Gasteiger partial charge in [0.15, 0.2) is 0 Å². The van der Waals surface area contributed by atoms with E-state index in [-0.39, 0.29) is 18.7 Å². The number of aryl methyl sites for hydroxylation is 1. The molecule has 0 aliphatic carbocycles. The molecule has 1 heterocycles. The van der Waals surface area contributed by atoms with E-state index in [1.54, 1.807) is 13.0 Å². The first-order valence-electron chi connectivity index (χ1n) is 6.20. The fraction of sp³-hybridized carbons (Fsp3) is 0.200. The van der Waals surface area contributed by atoms with Crippen LogP contribution in [-0.4, -0.2) is 22.8 Å². The Morgan fingerprint density at radius 1 is 1.48 bits per heavy atom. The van der Waals surface area contributed by atoms with Crippen LogP contribution in [0.2, 0.25) is 0 Å². The third-order valence-corrected chi connectivity index (χ3v) is 2.63. The van der Waals surface area contributed by atoms with Gasteiger partial charge in [-0.15, -0.1) is 0 Å². The molecule has 0 spiro atoms. The Morgan fingerprint density at radius 3 is 2.95 bits per heavy atom. The Hall–Kier alpha value is -2.65. The number of nitrogens with zero attached hydrogens (tertiary/aromatic N) is 1. The molecule has 0 unspecified atom stereocenters. The molecular formula is C15H13FN2O3. The van der Waals surface area contributed by atoms with Gasteiger partial charge in [-0.05, 0) is 25.1 Å². The van der Waals surface area contributed by atoms with E-state index in [1.807, 2.05) is 0 Å². The highest BCUT2D eigenvalue weighted by atomic mass is 19.1. The molecule has 21 heavy (non-hydrogen) atoms. The molecule has 0 atom stereocenters. The molecule has 1 amide bonds. The highest BCUT2D eigenvalue weighted by Gasteiger charge is 2.12. The van der Waals surface area contributed by atoms with Crippen molar-refractivity contribution in [3.63, 3.8) is 0 Å². The minimum atomic E-state index is -0.640. The van der Waals surface area contributed by atoms with Gasteiger partial charge in [0.05, 0.1) is 12.1 Å². The number of hydrogen-bond acceptors (Lipinski definition) is 4. The number of carbonyl (C=O) groups is 1. The van der Waals surface area contributed by atoms with Crippen molar-refractivity contribution in [3.05, 3.63) is 52.7 Å². The molecule has 1 aromatic heterocycles. The summed E-state index contributed by atoms with van der Waals surface area (Å²) >= 11 is 0. The van der Waals surface area contributed by atoms with Crippen molar-refractivity contribution in [2.24, 2.45) is 0 Å². The van der Waals surface area contributed by atoms with E-state index in [9.17, 15) is 9.18 Å². The molecule has 5 nitrogen and oxygen atoms in total. The minimum absolute atomic E-state index is 0.111. The Bertz CT molecular complexity index is 713. The average Bonchev–Trinajstić information content (AvgIpc) is 2.89. The summed E-state index contributed by atoms with van der Waals surface area (Å²) in [6.45, 7) is 1.58. The topological polar surface area (TPSA) is 75.4 Å². The standard InChI is InChI=1S/C15H13FN2O3/c1-10-7-12(18-21-10)9-17-15(20)13-8-11(3-2-6-19)4-5-14(13)16/h4-5,7-8,19H,6,9H2,1H3,(H,17,20). The third kappa shape index (κ3) is 3.91. The molecule has 0 saturated carbocycles. The van der Waals surface area contributed by atoms with Crippen molar-refractivity contribution < 1.29 is 18.8 Å². The van der Waals surface area contributed by atoms with Crippen molar-refractivity contribution in [1.29, 1.82) is 0 Å². The number of nitrogens with one attached hydrogen (secondary N) is 1. The van der Waals surface area contributed by atoms with E-state index < -0.39 is 11.7 Å². The maximum absolute atomic E-state index is 13.7. The van der Waals surface area contributed by atoms with Gasteiger partial charge in [0.25, 0.3) is 5.91 Å². The van der Waals surface area contributed by atoms with Gasteiger partial charge in [-0.3, -0.25) is 4.79 Å². The monoisotopic (exact) mass is 288 g/mol. The normalized spacial score (nSPS) is 9.86. The number of carbonyl (C=O) groups excluding carboxylic acids is 1. The van der Waals surface area contributed by atoms with Crippen LogP contribution in [0, 0.1) is 24.6 Å². The summed E-state index contributed by atoms with van der Waals surface area (Å²) in [5.41, 5.74) is 0.894. The summed E-state index contributed by atoms with van der Waals surface area (Å²) in [6.07, 6.45) is 0. The lowest BCUT2D eigenvalue weighted by Crippen LogP contribution is -2.24. The van der Waals surface area contributed by atoms with Gasteiger partial charge in [0.2, 0.25) is 0 Å². The van der Waals surface area contributed by atoms with Gasteiger partial charge in [-0.2, -0.15) is 0 Å². The summed E-state index contributed by atoms with van der Waals surface area (Å²) < 4.78 is 18.6. The second-order valence-electron chi connectivity index (χ2n) is 4.27. The van der Waals surface area contributed by atoms with Crippen LogP contribution in [0.5, 0.6) is 0 Å². The van der Waals surface area contributed by atoms with Crippen LogP contribution in [-0.2, 0) is 6.54 Å². The molecule has 0 aliphatic rings. The van der Waals surface area contributed by atoms with Gasteiger partial charge in [0, 0.05) is 11.6 Å². The summed E-state index contributed by atoms with van der Waals surface area (Å²) in [6, 6.07) is 5.62. The highest BCUT2D eigenvalue weighted by molar-refractivity contribution is 5.94. The fourth-order valence-electron chi connectivity index (χ4n) is 1.69. The van der Waals surface area contributed by atoms with Gasteiger partial charge < -0.3 is 14.9 Å². The molecule has 2 aromatic rings. The van der Waals surface area contributed by atoms with Crippen LogP contribution in [0.15, 0.2) is 28.8 Å². The van der Waals surface area contributed by atoms with E-state index in [2.05, 4.69) is 22.3 Å². The van der Waals surface area contributed by atoms with Gasteiger partial charge in [-0.1, -0.05) is 17.0 Å². The maximum Gasteiger partial charge on any atom is 0.254 e. The molecule has 1 aromatic carbocycles. The summed E-state index contributed by atoms with van der Waals surface area (Å²) in [4.78, 5) is 12.0. The highest BCUT2D eigenvalue weighted by Crippen LogP contribution is 2.10. The SMILES string of the molecule is Cc1cc(CNC(=O)c2cc(C#CCO)ccc2F)no1. The quantitative estimate of drug-likeness (QED) is 0.837. The second kappa shape index (κ2) is 6.68. The van der Waals surface area contributed by atoms with Crippen molar-refractivity contribution in [3.8, 4) is 11.8 Å². The van der Waals surface area contributed by atoms with E-state index in [0.717, 1.165) is 6.07 Å². The maximum atomic E-state index is 13.7. The Morgan fingerprint density at radius 2 is 2.29 bits per heavy atom. The number of halogens is 1. The molecule has 2 N–H and O–H groups in total. The van der Waals surface area contributed by atoms with Crippen LogP contribution in [0.4, 0.5) is 4.39 Å². The first kappa shape index (κ1) is 14.8. The lowest BCUT2D eigenvalue weighted by Gasteiger charge is -2.05. The van der Waals surface area contributed by atoms with Crippen molar-refractivity contribution in [2.45, 2.75) is 13.5 Å². The summed E-state index contributed by atoms with van der Waals surface area (Å²) in [7, 11) is 0. The molecule has 0 aliphatic heterocycles. The summed E-state index contributed by atoms with van der Waals surface area (Å²) in [5.74, 6) is 4.48. The average molecular weight is 288 g/mol. The molecule has 2 rings (SSSR count). The Labute approximate surface area is 120 Å². The molecule has 0 radical (unpaired) electrons. The fourth-order valence-corrected chi connectivity index (χ4v) is 1.69. The van der Waals surface area contributed by atoms with Crippen molar-refractivity contribution in [2.75, 3.05) is 6.61 Å². The van der Waals surface area contributed by atoms with Crippen molar-refractivity contribution >= 4 is 5.91 Å². The van der Waals surface area contributed by atoms with Crippen LogP contribution in [0.3, 0.4) is 0 Å². The molecule has 0 fully saturated rings. The predicted molar refractivity (Wildman–Crippen MR) is 72.8 cm³/mol. The number of hydrogen-bond donors (Lipinski definition) is 2. The molecule has 6 heteroatoms. The smallest absolute Gasteiger partial charge is 0.254 e. The number of aromatic nitrogens is 1. The molecule has 108 valence electrons. The van der Waals surface area contributed by atoms with Crippen LogP contribution >= 0.6 is 0 Å². The minimum Gasteiger partial charge on any atom is -0.384 e. The lowest BCUT2D eigenvalue weighted by atomic mass is 10.1. The van der Waals surface area contributed by atoms with Crippen LogP contribution in [0.25, 0.3) is 0 Å². The molecule has 0 bridgehead atoms. The van der Waals surface area contributed by atoms with Crippen LogP contribution in [0.1, 0.15) is 27.4 Å². The first-order valence-corrected chi connectivity index (χ1v) is 6.20. The van der Waals surface area contributed by atoms with Gasteiger partial charge in [0.1, 0.15) is 23.9 Å². The Balaban J connectivity index is 2.10. The van der Waals surface area contributed by atoms with E-state index in [1.165, 1.54) is 12.1 Å². The molecule has 0 saturated heterocycles. The third-order valence-electron chi connectivity index (χ3n) is 2.63. The largest absolute Gasteiger partial charge is 0.384 e. The van der Waals surface area contributed by atoms with E-state index in [4.69, 9.17) is 9.63 Å². The van der Waals surface area contributed by atoms with Gasteiger partial charge in [-0.25, -0.2) is 4.39 Å². The summed E-state index contributed by atoms with van der Waals surface area (Å²) in [5, 5.41) is 14.9. The number of benzene rings is 1. The zero-order valence-corrected chi connectivity index (χ0v) is 11.3. The van der Waals surface area contributed by atoms with E-state index >= 15 is 0 Å². The second-order valence-corrected chi connectivity index (χ2v) is 4.27.